The summed E-state index contributed by atoms with van der Waals surface area (Å²) in [5.41, 5.74) is 0. The third kappa shape index (κ3) is 66.2. The summed E-state index contributed by atoms with van der Waals surface area (Å²) >= 11 is 0. The molecule has 0 aliphatic heterocycles. The molecule has 6 heteroatoms. The second-order valence-corrected chi connectivity index (χ2v) is 2.89. The molecule has 0 saturated carbocycles. The van der Waals surface area contributed by atoms with Crippen molar-refractivity contribution in [2.75, 3.05) is 0 Å². The molecule has 3 nitrogen and oxygen atoms in total. The first-order chi connectivity index (χ1) is 7.50. The second kappa shape index (κ2) is 71.7. The molecule has 0 aliphatic rings. The maximum atomic E-state index is 2.00. The Kier molecular flexibility index (Phi) is 213. The zero-order chi connectivity index (χ0) is 10.6. The molecule has 0 atom stereocenters. The van der Waals surface area contributed by atoms with Gasteiger partial charge in [-0.1, -0.05) is 0 Å². The summed E-state index contributed by atoms with van der Waals surface area (Å²) in [6.07, 6.45) is 0. The van der Waals surface area contributed by atoms with Gasteiger partial charge in [-0.05, 0) is 0 Å². The summed E-state index contributed by atoms with van der Waals surface area (Å²) < 4.78 is 0. The fourth-order valence-corrected chi connectivity index (χ4v) is 0.962. The van der Waals surface area contributed by atoms with Crippen LogP contribution in [0.1, 0.15) is 0 Å². The van der Waals surface area contributed by atoms with E-state index in [0.717, 1.165) is 0 Å². The predicted octanol–water partition coefficient (Wildman–Crippen LogP) is 9.06. The monoisotopic (exact) mass is 873 g/mol. The van der Waals surface area contributed by atoms with Gasteiger partial charge in [-0.3, -0.25) is 0 Å². The Morgan fingerprint density at radius 3 is 0.444 bits per heavy atom. The number of hydrogen-bond donors (Lipinski definition) is 0. The van der Waals surface area contributed by atoms with Gasteiger partial charge < -0.3 is 63.0 Å². The largest absolute Gasteiger partial charge is 4.00 e. The van der Waals surface area contributed by atoms with E-state index in [2.05, 4.69) is 0 Å². The van der Waals surface area contributed by atoms with Crippen molar-refractivity contribution in [3.05, 3.63) is 154 Å². The molecule has 0 bridgehead atoms. The van der Waals surface area contributed by atoms with Crippen molar-refractivity contribution in [3.8, 4) is 0 Å². The Bertz CT molecular complexity index is 259. The minimum atomic E-state index is 0. The number of hydrogen-bond acceptors (Lipinski definition) is 0. The molecule has 0 heterocycles. The first-order valence-corrected chi connectivity index (χ1v) is 5.00. The summed E-state index contributed by atoms with van der Waals surface area (Å²) in [5.74, 6) is 0. The van der Waals surface area contributed by atoms with Crippen LogP contribution in [0.15, 0.2) is 91.0 Å². The van der Waals surface area contributed by atoms with Crippen LogP contribution in [-0.4, -0.2) is 0 Å². The average molecular weight is 869 g/mol. The van der Waals surface area contributed by atoms with Crippen LogP contribution in [0.4, 0.5) is 0 Å². The summed E-state index contributed by atoms with van der Waals surface area (Å²) in [6, 6.07) is 30.0. The quantitative estimate of drug-likeness (QED) is 0.159. The van der Waals surface area contributed by atoms with E-state index in [1.165, 1.54) is 0 Å². The molecule has 27 heavy (non-hydrogen) atoms. The van der Waals surface area contributed by atoms with Crippen LogP contribution in [-0.2, 0) is 77.5 Å². The van der Waals surface area contributed by atoms with Crippen LogP contribution in [0.25, 0.3) is 18.5 Å². The van der Waals surface area contributed by atoms with Gasteiger partial charge in [0.2, 0.25) is 0 Å². The van der Waals surface area contributed by atoms with Crippen LogP contribution in [0.3, 0.4) is 0 Å². The molecule has 0 saturated heterocycles. The Morgan fingerprint density at radius 2 is 0.407 bits per heavy atom. The number of rotatable bonds is 0. The van der Waals surface area contributed by atoms with Crippen LogP contribution in [0, 0.1) is 44.6 Å². The normalized spacial score (nSPS) is 4.44. The molecular weight excluding hydrogens is 830 g/mol. The number of nitrogens with two attached hydrogens (primary N) is 3. The Hall–Kier alpha value is 0.540. The first-order valence-electron chi connectivity index (χ1n) is 5.00. The maximum absolute atomic E-state index is 2.00. The maximum Gasteiger partial charge on any atom is 4.00 e. The standard InChI is InChI=1S/3C5H5.6CH3.3Hf.3H2N/c3*1-2-4-5-3-1;;;;;;;;;;;;/h3*1-5H;6*1H3;;;;3*1H2/q9*-1;3*+4;3*-1. The van der Waals surface area contributed by atoms with Gasteiger partial charge in [0.05, 0.1) is 0 Å². The van der Waals surface area contributed by atoms with E-state index < -0.39 is 0 Å². The third-order valence-electron chi connectivity index (χ3n) is 1.67. The topological polar surface area (TPSA) is 100 Å². The Balaban J connectivity index is -0.0000000102. The van der Waals surface area contributed by atoms with Crippen LogP contribution < -0.4 is 0 Å². The van der Waals surface area contributed by atoms with Gasteiger partial charge in [0.1, 0.15) is 0 Å². The molecule has 0 unspecified atom stereocenters. The van der Waals surface area contributed by atoms with E-state index in [0.29, 0.717) is 0 Å². The molecule has 0 amide bonds. The van der Waals surface area contributed by atoms with Crippen LogP contribution in [0.5, 0.6) is 0 Å². The van der Waals surface area contributed by atoms with Crippen molar-refractivity contribution < 1.29 is 77.5 Å². The smallest absolute Gasteiger partial charge is 0.693 e. The van der Waals surface area contributed by atoms with Gasteiger partial charge in [0.15, 0.2) is 0 Å². The second-order valence-electron chi connectivity index (χ2n) is 2.89. The van der Waals surface area contributed by atoms with Crippen molar-refractivity contribution in [3.63, 3.8) is 0 Å². The van der Waals surface area contributed by atoms with E-state index in [1.807, 2.05) is 91.0 Å². The van der Waals surface area contributed by atoms with Crippen LogP contribution >= 0.6 is 0 Å². The SMILES string of the molecule is [CH3-].[CH3-].[CH3-].[CH3-].[CH3-].[CH3-].[Hf+4].[Hf+4].[Hf+4].[NH2-].[NH2-].[NH2-].c1cc[cH-]c1.c1cc[cH-]c1.c1cc[cH-]c1. The van der Waals surface area contributed by atoms with Crippen molar-refractivity contribution in [1.82, 2.24) is 0 Å². The van der Waals surface area contributed by atoms with Gasteiger partial charge in [-0.25, -0.2) is 36.4 Å². The van der Waals surface area contributed by atoms with Gasteiger partial charge in [-0.15, -0.1) is 0 Å². The molecule has 6 N–H and O–H groups in total. The van der Waals surface area contributed by atoms with Gasteiger partial charge in [0, 0.05) is 0 Å². The summed E-state index contributed by atoms with van der Waals surface area (Å²) in [6.45, 7) is 0. The van der Waals surface area contributed by atoms with Crippen LogP contribution in [0.2, 0.25) is 0 Å². The van der Waals surface area contributed by atoms with Crippen molar-refractivity contribution >= 4 is 0 Å². The minimum Gasteiger partial charge on any atom is -0.693 e. The zero-order valence-corrected chi connectivity index (χ0v) is 28.7. The Labute approximate surface area is 229 Å². The van der Waals surface area contributed by atoms with Gasteiger partial charge >= 0.3 is 77.5 Å². The first kappa shape index (κ1) is 80.3. The summed E-state index contributed by atoms with van der Waals surface area (Å²) in [4.78, 5) is 0. The predicted molar refractivity (Wildman–Crippen MR) is 120 cm³/mol. The molecule has 0 spiro atoms. The molecule has 0 fully saturated rings. The molecule has 0 radical (unpaired) electrons. The van der Waals surface area contributed by atoms with E-state index in [9.17, 15) is 0 Å². The van der Waals surface area contributed by atoms with E-state index in [-0.39, 0.29) is 141 Å². The fraction of sp³-hybridized carbons (Fsp3) is 0. The van der Waals surface area contributed by atoms with Gasteiger partial charge in [0.25, 0.3) is 0 Å². The van der Waals surface area contributed by atoms with E-state index in [4.69, 9.17) is 0 Å². The van der Waals surface area contributed by atoms with E-state index in [1.54, 1.807) is 0 Å². The summed E-state index contributed by atoms with van der Waals surface area (Å²) in [7, 11) is 0. The van der Waals surface area contributed by atoms with Gasteiger partial charge in [-0.2, -0.15) is 54.6 Å². The zero-order valence-electron chi connectivity index (χ0n) is 17.9. The third-order valence-corrected chi connectivity index (χ3v) is 1.67. The Morgan fingerprint density at radius 1 is 0.296 bits per heavy atom. The van der Waals surface area contributed by atoms with Crippen molar-refractivity contribution in [2.24, 2.45) is 0 Å². The van der Waals surface area contributed by atoms with E-state index >= 15 is 0 Å². The average Bonchev–Trinajstić information content (AvgIpc) is 3.09. The molecular formula is C21H39Hf3N3. The van der Waals surface area contributed by atoms with Crippen molar-refractivity contribution in [2.45, 2.75) is 0 Å². The minimum absolute atomic E-state index is 0. The molecule has 0 aromatic heterocycles. The molecule has 0 aliphatic carbocycles. The fourth-order valence-electron chi connectivity index (χ4n) is 0.962. The molecule has 3 rings (SSSR count). The van der Waals surface area contributed by atoms with Crippen molar-refractivity contribution in [1.29, 1.82) is 0 Å². The molecule has 3 aromatic carbocycles. The molecule has 150 valence electrons. The molecule has 3 aromatic rings. The summed E-state index contributed by atoms with van der Waals surface area (Å²) in [5, 5.41) is 0.